The smallest absolute Gasteiger partial charge is 0.232 e. The molecule has 0 heterocycles. The number of amides is 1. The lowest BCUT2D eigenvalue weighted by Crippen LogP contribution is -2.32. The van der Waals surface area contributed by atoms with Crippen LogP contribution in [0.3, 0.4) is 0 Å². The predicted molar refractivity (Wildman–Crippen MR) is 73.0 cm³/mol. The van der Waals surface area contributed by atoms with Crippen LogP contribution in [0.1, 0.15) is 0 Å². The molecule has 0 unspecified atom stereocenters. The molecule has 1 rings (SSSR count). The van der Waals surface area contributed by atoms with E-state index in [9.17, 15) is 4.79 Å². The van der Waals surface area contributed by atoms with E-state index in [0.29, 0.717) is 23.9 Å². The molecule has 0 aliphatic carbocycles. The molecule has 0 saturated carbocycles. The van der Waals surface area contributed by atoms with Gasteiger partial charge in [0, 0.05) is 12.1 Å². The zero-order valence-corrected chi connectivity index (χ0v) is 11.6. The van der Waals surface area contributed by atoms with E-state index < -0.39 is 0 Å². The minimum Gasteiger partial charge on any atom is -0.492 e. The molecule has 94 valence electrons. The molecule has 5 heteroatoms. The second-order valence-electron chi connectivity index (χ2n) is 3.55. The fraction of sp³-hybridized carbons (Fsp3) is 0.417. The van der Waals surface area contributed by atoms with Gasteiger partial charge in [0.1, 0.15) is 12.4 Å². The monoisotopic (exact) mass is 273 g/mol. The molecule has 0 saturated heterocycles. The molecule has 0 aliphatic heterocycles. The van der Waals surface area contributed by atoms with Gasteiger partial charge in [-0.05, 0) is 30.5 Å². The molecule has 0 N–H and O–H groups in total. The maximum Gasteiger partial charge on any atom is 0.232 e. The summed E-state index contributed by atoms with van der Waals surface area (Å²) in [5.74, 6) is 1.40. The van der Waals surface area contributed by atoms with E-state index >= 15 is 0 Å². The highest BCUT2D eigenvalue weighted by molar-refractivity contribution is 7.99. The summed E-state index contributed by atoms with van der Waals surface area (Å²) in [6.45, 7) is 1.07. The van der Waals surface area contributed by atoms with Crippen molar-refractivity contribution in [3.63, 3.8) is 0 Å². The summed E-state index contributed by atoms with van der Waals surface area (Å²) in [6.07, 6.45) is 1.91. The number of thioether (sulfide) groups is 1. The summed E-state index contributed by atoms with van der Waals surface area (Å²) in [6, 6.07) is 7.18. The van der Waals surface area contributed by atoms with Crippen molar-refractivity contribution in [2.75, 3.05) is 32.2 Å². The molecule has 0 fully saturated rings. The van der Waals surface area contributed by atoms with E-state index in [-0.39, 0.29) is 5.91 Å². The lowest BCUT2D eigenvalue weighted by atomic mass is 10.3. The van der Waals surface area contributed by atoms with E-state index in [1.54, 1.807) is 24.1 Å². The van der Waals surface area contributed by atoms with Crippen molar-refractivity contribution in [2.24, 2.45) is 0 Å². The van der Waals surface area contributed by atoms with Gasteiger partial charge in [-0.15, -0.1) is 0 Å². The quantitative estimate of drug-likeness (QED) is 0.798. The number of carbonyl (C=O) groups excluding carboxylic acids is 1. The lowest BCUT2D eigenvalue weighted by Gasteiger charge is -2.16. The highest BCUT2D eigenvalue weighted by Crippen LogP contribution is 2.15. The molecule has 0 atom stereocenters. The first-order chi connectivity index (χ1) is 8.13. The number of hydrogen-bond acceptors (Lipinski definition) is 3. The Bertz CT molecular complexity index is 356. The molecule has 0 radical (unpaired) electrons. The number of ether oxygens (including phenoxy) is 1. The molecule has 0 aromatic heterocycles. The Morgan fingerprint density at radius 2 is 2.06 bits per heavy atom. The predicted octanol–water partition coefficient (Wildman–Crippen LogP) is 2.54. The summed E-state index contributed by atoms with van der Waals surface area (Å²) in [7, 11) is 1.78. The number of halogens is 1. The van der Waals surface area contributed by atoms with Crippen LogP contribution in [0.4, 0.5) is 0 Å². The highest BCUT2D eigenvalue weighted by Gasteiger charge is 2.07. The average molecular weight is 274 g/mol. The first-order valence-electron chi connectivity index (χ1n) is 5.24. The fourth-order valence-corrected chi connectivity index (χ4v) is 1.78. The van der Waals surface area contributed by atoms with Crippen LogP contribution in [0.5, 0.6) is 5.75 Å². The zero-order valence-electron chi connectivity index (χ0n) is 9.98. The third-order valence-electron chi connectivity index (χ3n) is 2.20. The molecule has 0 bridgehead atoms. The van der Waals surface area contributed by atoms with E-state index in [0.717, 1.165) is 5.75 Å². The zero-order chi connectivity index (χ0) is 12.7. The fourth-order valence-electron chi connectivity index (χ4n) is 1.19. The van der Waals surface area contributed by atoms with Crippen LogP contribution in [-0.2, 0) is 4.79 Å². The second kappa shape index (κ2) is 7.45. The molecular weight excluding hydrogens is 258 g/mol. The molecule has 3 nitrogen and oxygen atoms in total. The standard InChI is InChI=1S/C12H16ClNO2S/c1-14(12(15)9-17-2)7-8-16-11-5-3-10(13)4-6-11/h3-6H,7-9H2,1-2H3. The molecule has 0 spiro atoms. The molecule has 1 aromatic rings. The van der Waals surface area contributed by atoms with Crippen LogP contribution in [0, 0.1) is 0 Å². The molecule has 17 heavy (non-hydrogen) atoms. The third kappa shape index (κ3) is 5.33. The van der Waals surface area contributed by atoms with Gasteiger partial charge in [-0.1, -0.05) is 11.6 Å². The van der Waals surface area contributed by atoms with Gasteiger partial charge in [-0.3, -0.25) is 4.79 Å². The maximum atomic E-state index is 11.5. The highest BCUT2D eigenvalue weighted by atomic mass is 35.5. The van der Waals surface area contributed by atoms with E-state index in [1.165, 1.54) is 11.8 Å². The number of nitrogens with zero attached hydrogens (tertiary/aromatic N) is 1. The van der Waals surface area contributed by atoms with Gasteiger partial charge < -0.3 is 9.64 Å². The number of rotatable bonds is 6. The van der Waals surface area contributed by atoms with Gasteiger partial charge in [-0.2, -0.15) is 11.8 Å². The summed E-state index contributed by atoms with van der Waals surface area (Å²) in [5.41, 5.74) is 0. The Morgan fingerprint density at radius 3 is 2.65 bits per heavy atom. The Morgan fingerprint density at radius 1 is 1.41 bits per heavy atom. The van der Waals surface area contributed by atoms with Crippen molar-refractivity contribution < 1.29 is 9.53 Å². The van der Waals surface area contributed by atoms with Gasteiger partial charge in [0.05, 0.1) is 12.3 Å². The van der Waals surface area contributed by atoms with Crippen LogP contribution in [0.2, 0.25) is 5.02 Å². The summed E-state index contributed by atoms with van der Waals surface area (Å²) < 4.78 is 5.50. The van der Waals surface area contributed by atoms with Crippen LogP contribution in [-0.4, -0.2) is 43.0 Å². The summed E-state index contributed by atoms with van der Waals surface area (Å²) >= 11 is 7.28. The summed E-state index contributed by atoms with van der Waals surface area (Å²) in [4.78, 5) is 13.1. The largest absolute Gasteiger partial charge is 0.492 e. The average Bonchev–Trinajstić information content (AvgIpc) is 2.32. The van der Waals surface area contributed by atoms with Gasteiger partial charge in [0.15, 0.2) is 0 Å². The second-order valence-corrected chi connectivity index (χ2v) is 4.85. The van der Waals surface area contributed by atoms with Crippen LogP contribution >= 0.6 is 23.4 Å². The molecule has 0 aliphatic rings. The van der Waals surface area contributed by atoms with Crippen molar-refractivity contribution >= 4 is 29.3 Å². The van der Waals surface area contributed by atoms with E-state index in [2.05, 4.69) is 0 Å². The topological polar surface area (TPSA) is 29.5 Å². The van der Waals surface area contributed by atoms with Crippen molar-refractivity contribution in [3.8, 4) is 5.75 Å². The first-order valence-corrected chi connectivity index (χ1v) is 7.02. The van der Waals surface area contributed by atoms with Gasteiger partial charge >= 0.3 is 0 Å². The number of hydrogen-bond donors (Lipinski definition) is 0. The minimum atomic E-state index is 0.122. The van der Waals surface area contributed by atoms with Crippen LogP contribution < -0.4 is 4.74 Å². The first kappa shape index (κ1) is 14.2. The Hall–Kier alpha value is -0.870. The number of carbonyl (C=O) groups is 1. The van der Waals surface area contributed by atoms with E-state index in [1.807, 2.05) is 18.4 Å². The Balaban J connectivity index is 2.27. The van der Waals surface area contributed by atoms with Gasteiger partial charge in [-0.25, -0.2) is 0 Å². The molecular formula is C12H16ClNO2S. The number of likely N-dealkylation sites (N-methyl/N-ethyl adjacent to an activating group) is 1. The van der Waals surface area contributed by atoms with E-state index in [4.69, 9.17) is 16.3 Å². The van der Waals surface area contributed by atoms with Crippen molar-refractivity contribution in [1.29, 1.82) is 0 Å². The lowest BCUT2D eigenvalue weighted by molar-refractivity contribution is -0.127. The normalized spacial score (nSPS) is 10.1. The van der Waals surface area contributed by atoms with Crippen molar-refractivity contribution in [3.05, 3.63) is 29.3 Å². The SMILES string of the molecule is CSCC(=O)N(C)CCOc1ccc(Cl)cc1. The Kier molecular flexibility index (Phi) is 6.22. The van der Waals surface area contributed by atoms with Gasteiger partial charge in [0.25, 0.3) is 0 Å². The summed E-state index contributed by atoms with van der Waals surface area (Å²) in [5, 5.41) is 0.685. The van der Waals surface area contributed by atoms with Crippen molar-refractivity contribution in [2.45, 2.75) is 0 Å². The van der Waals surface area contributed by atoms with Crippen LogP contribution in [0.15, 0.2) is 24.3 Å². The maximum absolute atomic E-state index is 11.5. The van der Waals surface area contributed by atoms with Crippen LogP contribution in [0.25, 0.3) is 0 Å². The van der Waals surface area contributed by atoms with Gasteiger partial charge in [0.2, 0.25) is 5.91 Å². The number of benzene rings is 1. The molecule has 1 amide bonds. The third-order valence-corrected chi connectivity index (χ3v) is 2.99. The van der Waals surface area contributed by atoms with Crippen molar-refractivity contribution in [1.82, 2.24) is 4.90 Å². The Labute approximate surface area is 111 Å². The minimum absolute atomic E-state index is 0.122. The molecule has 1 aromatic carbocycles.